The lowest BCUT2D eigenvalue weighted by Crippen LogP contribution is -2.68. The van der Waals surface area contributed by atoms with Gasteiger partial charge in [0.25, 0.3) is 0 Å². The van der Waals surface area contributed by atoms with Crippen molar-refractivity contribution in [3.8, 4) is 0 Å². The zero-order valence-corrected chi connectivity index (χ0v) is 29.4. The fourth-order valence-electron chi connectivity index (χ4n) is 11.8. The molecule has 3 heterocycles. The molecule has 3 aliphatic carbocycles. The fourth-order valence-corrected chi connectivity index (χ4v) is 11.8. The lowest BCUT2D eigenvalue weighted by atomic mass is 9.28. The number of para-hydroxylation sites is 2. The van der Waals surface area contributed by atoms with Gasteiger partial charge in [-0.15, -0.1) is 0 Å². The molecule has 51 heavy (non-hydrogen) atoms. The van der Waals surface area contributed by atoms with Crippen molar-refractivity contribution in [1.82, 2.24) is 0 Å². The lowest BCUT2D eigenvalue weighted by Gasteiger charge is -2.59. The van der Waals surface area contributed by atoms with Crippen molar-refractivity contribution in [3.63, 3.8) is 0 Å². The molecule has 1 nitrogen and oxygen atoms in total. The van der Waals surface area contributed by atoms with E-state index in [2.05, 4.69) is 166 Å². The molecule has 13 rings (SSSR count). The van der Waals surface area contributed by atoms with Crippen molar-refractivity contribution < 1.29 is 0 Å². The van der Waals surface area contributed by atoms with Crippen LogP contribution in [-0.2, 0) is 5.41 Å². The van der Waals surface area contributed by atoms with Crippen molar-refractivity contribution in [2.45, 2.75) is 39.0 Å². The summed E-state index contributed by atoms with van der Waals surface area (Å²) in [6.07, 6.45) is 0. The van der Waals surface area contributed by atoms with Crippen molar-refractivity contribution in [2.75, 3.05) is 4.90 Å². The third kappa shape index (κ3) is 3.08. The number of nitrogens with zero attached hydrogens (tertiary/aromatic N) is 1. The Kier molecular flexibility index (Phi) is 5.21. The van der Waals surface area contributed by atoms with Gasteiger partial charge in [-0.1, -0.05) is 167 Å². The molecule has 0 saturated carbocycles. The largest absolute Gasteiger partial charge is 0.312 e. The molecular formula is C48H35B2N. The van der Waals surface area contributed by atoms with E-state index in [-0.39, 0.29) is 19.3 Å². The van der Waals surface area contributed by atoms with Gasteiger partial charge in [-0.05, 0) is 88.5 Å². The monoisotopic (exact) mass is 647 g/mol. The second-order valence-electron chi connectivity index (χ2n) is 15.7. The molecular weight excluding hydrogens is 612 g/mol. The standard InChI is InChI=1S/C48H35B2N/c1-27-13-9-14-28(2)43(27)49-37-22-11-21-36-45(37)51-46-38(49)23-12-24-39(46)50(44-29(3)15-10-16-30(44)4)40-26-25-33-41-31-17-5-7-19-34(31)48(36,42(33)47(40)51)35-20-8-6-18-32(35)41/h5-26,41H,1-4H3. The fraction of sp³-hybridized carbons (Fsp3) is 0.125. The van der Waals surface area contributed by atoms with Gasteiger partial charge in [-0.3, -0.25) is 0 Å². The Morgan fingerprint density at radius 3 is 1.43 bits per heavy atom. The second kappa shape index (κ2) is 9.42. The van der Waals surface area contributed by atoms with Gasteiger partial charge in [0.15, 0.2) is 0 Å². The minimum absolute atomic E-state index is 0.124. The number of anilines is 3. The van der Waals surface area contributed by atoms with Gasteiger partial charge >= 0.3 is 0 Å². The van der Waals surface area contributed by atoms with E-state index in [1.54, 1.807) is 0 Å². The molecule has 1 spiro atoms. The van der Waals surface area contributed by atoms with E-state index in [0.29, 0.717) is 0 Å². The minimum atomic E-state index is -0.412. The molecule has 7 aromatic rings. The molecule has 0 atom stereocenters. The molecule has 0 fully saturated rings. The summed E-state index contributed by atoms with van der Waals surface area (Å²) < 4.78 is 0. The van der Waals surface area contributed by atoms with E-state index >= 15 is 0 Å². The molecule has 0 amide bonds. The highest BCUT2D eigenvalue weighted by molar-refractivity contribution is 7.02. The Morgan fingerprint density at radius 1 is 0.412 bits per heavy atom. The Balaban J connectivity index is 1.33. The van der Waals surface area contributed by atoms with E-state index in [1.807, 2.05) is 0 Å². The molecule has 238 valence electrons. The van der Waals surface area contributed by atoms with Gasteiger partial charge in [0.05, 0.1) is 5.41 Å². The number of hydrogen-bond acceptors (Lipinski definition) is 1. The first-order valence-electron chi connectivity index (χ1n) is 18.6. The maximum absolute atomic E-state index is 2.76. The van der Waals surface area contributed by atoms with Crippen LogP contribution < -0.4 is 37.7 Å². The smallest absolute Gasteiger partial charge is 0.247 e. The first-order chi connectivity index (χ1) is 25.0. The van der Waals surface area contributed by atoms with Crippen LogP contribution in [-0.4, -0.2) is 13.4 Å². The maximum atomic E-state index is 2.76. The second-order valence-corrected chi connectivity index (χ2v) is 15.7. The molecule has 0 radical (unpaired) electrons. The molecule has 3 aliphatic heterocycles. The molecule has 0 aromatic heterocycles. The topological polar surface area (TPSA) is 3.24 Å². The molecule has 0 N–H and O–H groups in total. The van der Waals surface area contributed by atoms with Gasteiger partial charge < -0.3 is 4.90 Å². The van der Waals surface area contributed by atoms with Crippen LogP contribution in [0.25, 0.3) is 0 Å². The summed E-state index contributed by atoms with van der Waals surface area (Å²) in [6.45, 7) is 9.51. The molecule has 7 aromatic carbocycles. The Hall–Kier alpha value is -5.53. The summed E-state index contributed by atoms with van der Waals surface area (Å²) in [6, 6.07) is 52.0. The predicted molar refractivity (Wildman–Crippen MR) is 215 cm³/mol. The van der Waals surface area contributed by atoms with E-state index in [1.165, 1.54) is 111 Å². The first kappa shape index (κ1) is 28.2. The van der Waals surface area contributed by atoms with Gasteiger partial charge in [0.2, 0.25) is 13.4 Å². The van der Waals surface area contributed by atoms with Gasteiger partial charge in [-0.2, -0.15) is 0 Å². The van der Waals surface area contributed by atoms with Crippen LogP contribution in [0.4, 0.5) is 17.1 Å². The molecule has 2 bridgehead atoms. The SMILES string of the molecule is Cc1cccc(C)c1B1c2cccc3c2N2c4c1cccc4C14c5ccccc5C(c5ccccc51)c1ccc(c2c14)B3c1c(C)cccc1C. The van der Waals surface area contributed by atoms with Crippen LogP contribution in [0.2, 0.25) is 0 Å². The number of aryl methyl sites for hydroxylation is 4. The molecule has 3 heteroatoms. The van der Waals surface area contributed by atoms with Crippen LogP contribution in [0.1, 0.15) is 67.1 Å². The molecule has 0 saturated heterocycles. The van der Waals surface area contributed by atoms with Gasteiger partial charge in [0, 0.05) is 23.0 Å². The number of hydrogen-bond donors (Lipinski definition) is 0. The summed E-state index contributed by atoms with van der Waals surface area (Å²) in [4.78, 5) is 2.76. The third-order valence-electron chi connectivity index (χ3n) is 13.4. The summed E-state index contributed by atoms with van der Waals surface area (Å²) in [5.74, 6) is 0.215. The normalized spacial score (nSPS) is 18.7. The third-order valence-corrected chi connectivity index (χ3v) is 13.4. The highest BCUT2D eigenvalue weighted by Crippen LogP contribution is 2.67. The van der Waals surface area contributed by atoms with Gasteiger partial charge in [0.1, 0.15) is 0 Å². The van der Waals surface area contributed by atoms with Gasteiger partial charge in [-0.25, -0.2) is 0 Å². The van der Waals surface area contributed by atoms with E-state index < -0.39 is 5.41 Å². The number of benzene rings is 7. The zero-order valence-electron chi connectivity index (χ0n) is 29.4. The lowest BCUT2D eigenvalue weighted by molar-refractivity contribution is 0.623. The maximum Gasteiger partial charge on any atom is 0.247 e. The summed E-state index contributed by atoms with van der Waals surface area (Å²) in [7, 11) is 0. The van der Waals surface area contributed by atoms with E-state index in [0.717, 1.165) is 0 Å². The van der Waals surface area contributed by atoms with E-state index in [4.69, 9.17) is 0 Å². The Morgan fingerprint density at radius 2 is 0.863 bits per heavy atom. The predicted octanol–water partition coefficient (Wildman–Crippen LogP) is 6.55. The van der Waals surface area contributed by atoms with Crippen LogP contribution in [0.3, 0.4) is 0 Å². The quantitative estimate of drug-likeness (QED) is 0.193. The summed E-state index contributed by atoms with van der Waals surface area (Å²) in [5.41, 5.74) is 28.1. The van der Waals surface area contributed by atoms with Crippen molar-refractivity contribution >= 4 is 63.3 Å². The summed E-state index contributed by atoms with van der Waals surface area (Å²) >= 11 is 0. The minimum Gasteiger partial charge on any atom is -0.312 e. The average molecular weight is 647 g/mol. The Labute approximate surface area is 300 Å². The van der Waals surface area contributed by atoms with E-state index in [9.17, 15) is 0 Å². The first-order valence-corrected chi connectivity index (χ1v) is 18.6. The molecule has 0 unspecified atom stereocenters. The number of rotatable bonds is 2. The van der Waals surface area contributed by atoms with Crippen LogP contribution in [0, 0.1) is 27.7 Å². The molecule has 6 aliphatic rings. The van der Waals surface area contributed by atoms with Crippen LogP contribution >= 0.6 is 0 Å². The Bertz CT molecular complexity index is 2640. The average Bonchev–Trinajstić information content (AvgIpc) is 3.15. The van der Waals surface area contributed by atoms with Crippen molar-refractivity contribution in [3.05, 3.63) is 195 Å². The summed E-state index contributed by atoms with van der Waals surface area (Å²) in [5, 5.41) is 0. The zero-order chi connectivity index (χ0) is 33.9. The van der Waals surface area contributed by atoms with Crippen molar-refractivity contribution in [1.29, 1.82) is 0 Å². The highest BCUT2D eigenvalue weighted by Gasteiger charge is 2.60. The van der Waals surface area contributed by atoms with Crippen LogP contribution in [0.5, 0.6) is 0 Å². The van der Waals surface area contributed by atoms with Crippen molar-refractivity contribution in [2.24, 2.45) is 0 Å². The van der Waals surface area contributed by atoms with Crippen LogP contribution in [0.15, 0.2) is 133 Å². The highest BCUT2D eigenvalue weighted by atomic mass is 15.2.